The molecule has 6 nitrogen and oxygen atoms in total. The summed E-state index contributed by atoms with van der Waals surface area (Å²) in [5.74, 6) is -0.175. The lowest BCUT2D eigenvalue weighted by molar-refractivity contribution is 0.388. The van der Waals surface area contributed by atoms with E-state index in [1.54, 1.807) is 0 Å². The Balaban J connectivity index is 1.92. The van der Waals surface area contributed by atoms with Crippen molar-refractivity contribution in [3.05, 3.63) is 41.0 Å². The number of nitrogens with one attached hydrogen (secondary N) is 1. The molecule has 0 aliphatic carbocycles. The van der Waals surface area contributed by atoms with Gasteiger partial charge < -0.3 is 14.8 Å². The number of benzene rings is 1. The van der Waals surface area contributed by atoms with Crippen LogP contribution >= 0.6 is 0 Å². The summed E-state index contributed by atoms with van der Waals surface area (Å²) in [6, 6.07) is 7.95. The number of nitrogens with zero attached hydrogens (tertiary/aromatic N) is 2. The average Bonchev–Trinajstić information content (AvgIpc) is 3.01. The molecule has 0 fully saturated rings. The van der Waals surface area contributed by atoms with Gasteiger partial charge in [0.1, 0.15) is 0 Å². The van der Waals surface area contributed by atoms with Crippen molar-refractivity contribution >= 4 is 10.9 Å². The number of aryl methyl sites for hydroxylation is 1. The standard InChI is InChI=1S/C15H18N4O2/c1-15(2,16)6-8-19-7-5-10-9-11(3-4-12(10)19)13-17-14(20)21-18-13/h3-5,7,9H,6,8,16H2,1-2H3,(H,17,18,20). The zero-order chi connectivity index (χ0) is 15.0. The average molecular weight is 286 g/mol. The molecule has 21 heavy (non-hydrogen) atoms. The van der Waals surface area contributed by atoms with Crippen molar-refractivity contribution in [2.24, 2.45) is 5.73 Å². The third-order valence-electron chi connectivity index (χ3n) is 3.48. The second-order valence-corrected chi connectivity index (χ2v) is 5.95. The highest BCUT2D eigenvalue weighted by Crippen LogP contribution is 2.23. The van der Waals surface area contributed by atoms with Gasteiger partial charge >= 0.3 is 5.76 Å². The summed E-state index contributed by atoms with van der Waals surface area (Å²) in [4.78, 5) is 14.7. The zero-order valence-electron chi connectivity index (χ0n) is 12.1. The molecular formula is C15H18N4O2. The molecule has 3 rings (SSSR count). The smallest absolute Gasteiger partial charge is 0.347 e. The summed E-state index contributed by atoms with van der Waals surface area (Å²) in [7, 11) is 0. The fourth-order valence-electron chi connectivity index (χ4n) is 2.30. The van der Waals surface area contributed by atoms with Crippen LogP contribution in [0.2, 0.25) is 0 Å². The number of fused-ring (bicyclic) bond motifs is 1. The van der Waals surface area contributed by atoms with Gasteiger partial charge in [0, 0.05) is 34.7 Å². The second-order valence-electron chi connectivity index (χ2n) is 5.95. The molecule has 0 aliphatic rings. The quantitative estimate of drug-likeness (QED) is 0.768. The van der Waals surface area contributed by atoms with Crippen molar-refractivity contribution in [3.8, 4) is 11.4 Å². The first-order valence-corrected chi connectivity index (χ1v) is 6.86. The Kier molecular flexibility index (Phi) is 3.17. The van der Waals surface area contributed by atoms with Crippen molar-refractivity contribution in [3.63, 3.8) is 0 Å². The van der Waals surface area contributed by atoms with Gasteiger partial charge in [0.25, 0.3) is 0 Å². The van der Waals surface area contributed by atoms with Gasteiger partial charge in [-0.15, -0.1) is 0 Å². The summed E-state index contributed by atoms with van der Waals surface area (Å²) < 4.78 is 6.78. The Bertz CT molecular complexity index is 820. The Morgan fingerprint density at radius 3 is 2.86 bits per heavy atom. The largest absolute Gasteiger partial charge is 0.460 e. The van der Waals surface area contributed by atoms with Crippen LogP contribution in [0.4, 0.5) is 0 Å². The maximum absolute atomic E-state index is 11.0. The molecule has 0 atom stereocenters. The minimum Gasteiger partial charge on any atom is -0.347 e. The number of H-pyrrole nitrogens is 1. The van der Waals surface area contributed by atoms with E-state index in [1.807, 2.05) is 44.3 Å². The van der Waals surface area contributed by atoms with Gasteiger partial charge in [-0.1, -0.05) is 0 Å². The SMILES string of the molecule is CC(C)(N)CCn1ccc2cc(-c3nc(=O)o[nH]3)ccc21. The number of hydrogen-bond donors (Lipinski definition) is 2. The molecule has 0 bridgehead atoms. The van der Waals surface area contributed by atoms with Crippen molar-refractivity contribution in [1.82, 2.24) is 14.7 Å². The topological polar surface area (TPSA) is 89.8 Å². The summed E-state index contributed by atoms with van der Waals surface area (Å²) in [6.45, 7) is 4.92. The molecule has 0 spiro atoms. The lowest BCUT2D eigenvalue weighted by atomic mass is 10.0. The molecular weight excluding hydrogens is 268 g/mol. The highest BCUT2D eigenvalue weighted by Gasteiger charge is 2.12. The lowest BCUT2D eigenvalue weighted by Crippen LogP contribution is -2.33. The molecule has 0 saturated carbocycles. The van der Waals surface area contributed by atoms with Crippen LogP contribution in [0.1, 0.15) is 20.3 Å². The van der Waals surface area contributed by atoms with Gasteiger partial charge in [-0.2, -0.15) is 10.1 Å². The van der Waals surface area contributed by atoms with E-state index in [0.717, 1.165) is 29.4 Å². The maximum atomic E-state index is 11.0. The number of aromatic nitrogens is 3. The summed E-state index contributed by atoms with van der Waals surface area (Å²) in [5.41, 5.74) is 7.81. The fourth-order valence-corrected chi connectivity index (χ4v) is 2.30. The molecule has 0 radical (unpaired) electrons. The number of rotatable bonds is 4. The van der Waals surface area contributed by atoms with E-state index in [4.69, 9.17) is 5.73 Å². The molecule has 110 valence electrons. The van der Waals surface area contributed by atoms with E-state index < -0.39 is 5.76 Å². The molecule has 0 saturated heterocycles. The first-order valence-electron chi connectivity index (χ1n) is 6.86. The normalized spacial score (nSPS) is 12.1. The van der Waals surface area contributed by atoms with Crippen LogP contribution in [0, 0.1) is 0 Å². The molecule has 6 heteroatoms. The third-order valence-corrected chi connectivity index (χ3v) is 3.48. The molecule has 0 unspecified atom stereocenters. The van der Waals surface area contributed by atoms with Gasteiger partial charge in [0.15, 0.2) is 5.82 Å². The van der Waals surface area contributed by atoms with Crippen LogP contribution in [0.25, 0.3) is 22.3 Å². The molecule has 3 aromatic rings. The highest BCUT2D eigenvalue weighted by atomic mass is 16.5. The van der Waals surface area contributed by atoms with E-state index in [-0.39, 0.29) is 5.54 Å². The molecule has 0 aliphatic heterocycles. The summed E-state index contributed by atoms with van der Waals surface area (Å²) in [6.07, 6.45) is 2.95. The van der Waals surface area contributed by atoms with E-state index >= 15 is 0 Å². The highest BCUT2D eigenvalue weighted by molar-refractivity contribution is 5.84. The minimum absolute atomic E-state index is 0.184. The minimum atomic E-state index is -0.618. The summed E-state index contributed by atoms with van der Waals surface area (Å²) in [5, 5.41) is 3.61. The van der Waals surface area contributed by atoms with Crippen LogP contribution in [0.3, 0.4) is 0 Å². The fraction of sp³-hybridized carbons (Fsp3) is 0.333. The Morgan fingerprint density at radius 1 is 1.38 bits per heavy atom. The number of aromatic amines is 1. The van der Waals surface area contributed by atoms with Gasteiger partial charge in [0.2, 0.25) is 0 Å². The van der Waals surface area contributed by atoms with Gasteiger partial charge in [-0.3, -0.25) is 0 Å². The molecule has 3 N–H and O–H groups in total. The Hall–Kier alpha value is -2.34. The third kappa shape index (κ3) is 2.90. The summed E-state index contributed by atoms with van der Waals surface area (Å²) >= 11 is 0. The van der Waals surface area contributed by atoms with E-state index in [1.165, 1.54) is 0 Å². The van der Waals surface area contributed by atoms with Crippen LogP contribution < -0.4 is 11.5 Å². The first-order chi connectivity index (χ1) is 9.92. The lowest BCUT2D eigenvalue weighted by Gasteiger charge is -2.18. The maximum Gasteiger partial charge on any atom is 0.460 e. The Morgan fingerprint density at radius 2 is 2.19 bits per heavy atom. The molecule has 0 amide bonds. The molecule has 2 aromatic heterocycles. The van der Waals surface area contributed by atoms with Gasteiger partial charge in [-0.05, 0) is 44.5 Å². The van der Waals surface area contributed by atoms with Crippen LogP contribution in [-0.4, -0.2) is 20.2 Å². The molecule has 1 aromatic carbocycles. The van der Waals surface area contributed by atoms with Crippen molar-refractivity contribution in [2.45, 2.75) is 32.4 Å². The van der Waals surface area contributed by atoms with Crippen LogP contribution in [-0.2, 0) is 6.54 Å². The van der Waals surface area contributed by atoms with Gasteiger partial charge in [0.05, 0.1) is 0 Å². The number of nitrogens with two attached hydrogens (primary N) is 1. The van der Waals surface area contributed by atoms with Gasteiger partial charge in [-0.25, -0.2) is 4.79 Å². The second kappa shape index (κ2) is 4.89. The number of hydrogen-bond acceptors (Lipinski definition) is 4. The van der Waals surface area contributed by atoms with Crippen molar-refractivity contribution in [1.29, 1.82) is 0 Å². The predicted molar refractivity (Wildman–Crippen MR) is 80.9 cm³/mol. The Labute approximate surface area is 121 Å². The molecule has 2 heterocycles. The monoisotopic (exact) mass is 286 g/mol. The van der Waals surface area contributed by atoms with E-state index in [0.29, 0.717) is 5.82 Å². The van der Waals surface area contributed by atoms with Crippen LogP contribution in [0.5, 0.6) is 0 Å². The van der Waals surface area contributed by atoms with E-state index in [2.05, 4.69) is 19.2 Å². The van der Waals surface area contributed by atoms with Crippen molar-refractivity contribution < 1.29 is 4.52 Å². The van der Waals surface area contributed by atoms with Crippen LogP contribution in [0.15, 0.2) is 39.8 Å². The van der Waals surface area contributed by atoms with Crippen molar-refractivity contribution in [2.75, 3.05) is 0 Å². The zero-order valence-corrected chi connectivity index (χ0v) is 12.1. The first kappa shape index (κ1) is 13.6. The van der Waals surface area contributed by atoms with E-state index in [9.17, 15) is 4.79 Å². The predicted octanol–water partition coefficient (Wildman–Crippen LogP) is 2.11.